The molecule has 0 unspecified atom stereocenters. The smallest absolute Gasteiger partial charge is 0.253 e. The Morgan fingerprint density at radius 3 is 2.61 bits per heavy atom. The lowest BCUT2D eigenvalue weighted by atomic mass is 9.80. The zero-order valence-corrected chi connectivity index (χ0v) is 20.5. The quantitative estimate of drug-likeness (QED) is 0.484. The number of carbonyl (C=O) groups excluding carboxylic acids is 3. The largest absolute Gasteiger partial charge is 0.384 e. The van der Waals surface area contributed by atoms with Gasteiger partial charge in [-0.2, -0.15) is 0 Å². The Labute approximate surface area is 208 Å². The van der Waals surface area contributed by atoms with Crippen molar-refractivity contribution in [3.8, 4) is 0 Å². The Kier molecular flexibility index (Phi) is 7.14. The summed E-state index contributed by atoms with van der Waals surface area (Å²) in [5.74, 6) is -2.01. The zero-order chi connectivity index (χ0) is 26.0. The molecule has 2 N–H and O–H groups in total. The van der Waals surface area contributed by atoms with E-state index < -0.39 is 29.7 Å². The van der Waals surface area contributed by atoms with Crippen molar-refractivity contribution < 1.29 is 18.8 Å². The number of pyridine rings is 1. The number of imidazole rings is 1. The summed E-state index contributed by atoms with van der Waals surface area (Å²) in [6.45, 7) is 1.90. The van der Waals surface area contributed by atoms with Crippen molar-refractivity contribution in [1.82, 2.24) is 19.4 Å². The summed E-state index contributed by atoms with van der Waals surface area (Å²) < 4.78 is 15.5. The van der Waals surface area contributed by atoms with Gasteiger partial charge < -0.3 is 10.3 Å². The molecule has 9 nitrogen and oxygen atoms in total. The van der Waals surface area contributed by atoms with Crippen molar-refractivity contribution in [1.29, 1.82) is 0 Å². The maximum atomic E-state index is 13.8. The van der Waals surface area contributed by atoms with E-state index in [1.165, 1.54) is 17.0 Å². The lowest BCUT2D eigenvalue weighted by Crippen LogP contribution is -2.69. The molecule has 1 saturated heterocycles. The molecule has 0 radical (unpaired) electrons. The second-order valence-corrected chi connectivity index (χ2v) is 9.05. The molecule has 4 rings (SSSR count). The van der Waals surface area contributed by atoms with Gasteiger partial charge in [0.05, 0.1) is 5.92 Å². The molecule has 3 atom stereocenters. The topological polar surface area (TPSA) is 114 Å². The number of amides is 3. The Hall–Kier alpha value is -4.08. The van der Waals surface area contributed by atoms with Crippen LogP contribution in [0.5, 0.6) is 0 Å². The van der Waals surface area contributed by atoms with Crippen molar-refractivity contribution in [3.63, 3.8) is 0 Å². The molecule has 1 fully saturated rings. The first kappa shape index (κ1) is 25.0. The third-order valence-corrected chi connectivity index (χ3v) is 6.70. The third-order valence-electron chi connectivity index (χ3n) is 6.70. The average Bonchev–Trinajstić information content (AvgIpc) is 3.28. The van der Waals surface area contributed by atoms with Gasteiger partial charge in [-0.1, -0.05) is 19.1 Å². The number of β-lactam (4-membered cyclic amide) rings is 1. The standard InChI is InChI=1S/C26H29FN6O3/c1-4-17(18-6-5-7-19(27)14-18)15-22(34)33-23(25(36)32(3)26-30-10-11-31(26)2)20(24(33)35)12-16-8-9-29-21(28)13-16/h5-11,13-14,17,20,23H,4,12,15H2,1-3H3,(H2,28,29)/t17-,20+,23-/m0/s1. The lowest BCUT2D eigenvalue weighted by Gasteiger charge is -2.46. The fourth-order valence-corrected chi connectivity index (χ4v) is 4.73. The minimum absolute atomic E-state index is 0.0173. The number of nitrogens with zero attached hydrogens (tertiary/aromatic N) is 5. The molecule has 0 bridgehead atoms. The van der Waals surface area contributed by atoms with E-state index in [0.717, 1.165) is 10.5 Å². The van der Waals surface area contributed by atoms with Gasteiger partial charge in [0.15, 0.2) is 0 Å². The number of imide groups is 1. The van der Waals surface area contributed by atoms with Crippen LogP contribution in [0.2, 0.25) is 0 Å². The van der Waals surface area contributed by atoms with E-state index in [1.807, 2.05) is 6.92 Å². The molecule has 3 amide bonds. The summed E-state index contributed by atoms with van der Waals surface area (Å²) in [5, 5.41) is 0. The van der Waals surface area contributed by atoms with Gasteiger partial charge in [0.2, 0.25) is 17.8 Å². The number of hydrogen-bond acceptors (Lipinski definition) is 6. The van der Waals surface area contributed by atoms with Gasteiger partial charge in [0.25, 0.3) is 5.91 Å². The molecular formula is C26H29FN6O3. The first-order valence-electron chi connectivity index (χ1n) is 11.8. The van der Waals surface area contributed by atoms with Gasteiger partial charge in [-0.25, -0.2) is 14.4 Å². The molecule has 188 valence electrons. The van der Waals surface area contributed by atoms with Crippen molar-refractivity contribution >= 4 is 29.5 Å². The maximum Gasteiger partial charge on any atom is 0.253 e. The summed E-state index contributed by atoms with van der Waals surface area (Å²) in [5.41, 5.74) is 7.21. The number of carbonyl (C=O) groups is 3. The number of likely N-dealkylation sites (N-methyl/N-ethyl adjacent to an activating group) is 1. The minimum Gasteiger partial charge on any atom is -0.384 e. The highest BCUT2D eigenvalue weighted by Gasteiger charge is 2.55. The Balaban J connectivity index is 1.61. The lowest BCUT2D eigenvalue weighted by molar-refractivity contribution is -0.170. The van der Waals surface area contributed by atoms with Gasteiger partial charge in [-0.05, 0) is 54.2 Å². The van der Waals surface area contributed by atoms with Crippen LogP contribution >= 0.6 is 0 Å². The highest BCUT2D eigenvalue weighted by molar-refractivity contribution is 6.12. The molecular weight excluding hydrogens is 463 g/mol. The van der Waals surface area contributed by atoms with E-state index in [9.17, 15) is 18.8 Å². The van der Waals surface area contributed by atoms with Gasteiger partial charge in [-0.3, -0.25) is 24.2 Å². The first-order valence-corrected chi connectivity index (χ1v) is 11.8. The van der Waals surface area contributed by atoms with E-state index >= 15 is 0 Å². The molecule has 3 heterocycles. The van der Waals surface area contributed by atoms with Gasteiger partial charge >= 0.3 is 0 Å². The predicted molar refractivity (Wildman–Crippen MR) is 132 cm³/mol. The molecule has 36 heavy (non-hydrogen) atoms. The molecule has 0 aliphatic carbocycles. The van der Waals surface area contributed by atoms with Gasteiger partial charge in [0, 0.05) is 39.1 Å². The zero-order valence-electron chi connectivity index (χ0n) is 20.5. The summed E-state index contributed by atoms with van der Waals surface area (Å²) in [4.78, 5) is 50.9. The molecule has 1 aromatic carbocycles. The Morgan fingerprint density at radius 2 is 1.97 bits per heavy atom. The summed E-state index contributed by atoms with van der Waals surface area (Å²) in [6, 6.07) is 8.48. The molecule has 1 aliphatic rings. The minimum atomic E-state index is -0.994. The van der Waals surface area contributed by atoms with Crippen molar-refractivity contribution in [2.75, 3.05) is 17.7 Å². The number of aryl methyl sites for hydroxylation is 1. The van der Waals surface area contributed by atoms with Crippen LogP contribution in [-0.4, -0.2) is 50.2 Å². The van der Waals surface area contributed by atoms with E-state index in [1.54, 1.807) is 61.5 Å². The fraction of sp³-hybridized carbons (Fsp3) is 0.346. The molecule has 1 aliphatic heterocycles. The number of rotatable bonds is 8. The van der Waals surface area contributed by atoms with Crippen LogP contribution in [0.3, 0.4) is 0 Å². The predicted octanol–water partition coefficient (Wildman–Crippen LogP) is 2.68. The van der Waals surface area contributed by atoms with Crippen molar-refractivity contribution in [2.24, 2.45) is 13.0 Å². The summed E-state index contributed by atoms with van der Waals surface area (Å²) in [7, 11) is 3.32. The van der Waals surface area contributed by atoms with E-state index in [0.29, 0.717) is 23.8 Å². The van der Waals surface area contributed by atoms with Gasteiger partial charge in [0.1, 0.15) is 17.7 Å². The average molecular weight is 493 g/mol. The maximum absolute atomic E-state index is 13.8. The van der Waals surface area contributed by atoms with Crippen LogP contribution in [0.1, 0.15) is 36.8 Å². The highest BCUT2D eigenvalue weighted by atomic mass is 19.1. The SMILES string of the molecule is CC[C@@H](CC(=O)N1C(=O)[C@H](Cc2ccnc(N)c2)[C@H]1C(=O)N(C)c1nccn1C)c1cccc(F)c1. The monoisotopic (exact) mass is 492 g/mol. The van der Waals surface area contributed by atoms with Crippen LogP contribution in [0.15, 0.2) is 55.0 Å². The van der Waals surface area contributed by atoms with Crippen LogP contribution in [0, 0.1) is 11.7 Å². The molecule has 10 heteroatoms. The van der Waals surface area contributed by atoms with E-state index in [2.05, 4.69) is 9.97 Å². The van der Waals surface area contributed by atoms with Crippen LogP contribution < -0.4 is 10.6 Å². The summed E-state index contributed by atoms with van der Waals surface area (Å²) in [6.07, 6.45) is 5.60. The summed E-state index contributed by atoms with van der Waals surface area (Å²) >= 11 is 0. The normalized spacial score (nSPS) is 18.0. The van der Waals surface area contributed by atoms with Gasteiger partial charge in [-0.15, -0.1) is 0 Å². The number of hydrogen-bond donors (Lipinski definition) is 1. The molecule has 0 spiro atoms. The fourth-order valence-electron chi connectivity index (χ4n) is 4.73. The Bertz CT molecular complexity index is 1290. The van der Waals surface area contributed by atoms with Crippen LogP contribution in [0.4, 0.5) is 16.2 Å². The second kappa shape index (κ2) is 10.3. The first-order chi connectivity index (χ1) is 17.2. The number of aromatic nitrogens is 3. The van der Waals surface area contributed by atoms with E-state index in [-0.39, 0.29) is 24.6 Å². The number of benzene rings is 1. The molecule has 0 saturated carbocycles. The second-order valence-electron chi connectivity index (χ2n) is 9.05. The van der Waals surface area contributed by atoms with Crippen LogP contribution in [0.25, 0.3) is 0 Å². The molecule has 2 aromatic heterocycles. The number of halogens is 1. The van der Waals surface area contributed by atoms with Crippen molar-refractivity contribution in [3.05, 3.63) is 71.9 Å². The number of nitrogens with two attached hydrogens (primary N) is 1. The number of likely N-dealkylation sites (tertiary alicyclic amines) is 1. The number of anilines is 2. The van der Waals surface area contributed by atoms with Crippen molar-refractivity contribution in [2.45, 2.75) is 38.1 Å². The van der Waals surface area contributed by atoms with E-state index in [4.69, 9.17) is 5.73 Å². The number of nitrogen functional groups attached to an aromatic ring is 1. The Morgan fingerprint density at radius 1 is 1.19 bits per heavy atom. The van der Waals surface area contributed by atoms with Crippen LogP contribution in [-0.2, 0) is 27.9 Å². The molecule has 3 aromatic rings. The third kappa shape index (κ3) is 4.84. The highest BCUT2D eigenvalue weighted by Crippen LogP contribution is 2.35.